The van der Waals surface area contributed by atoms with E-state index in [1.165, 1.54) is 6.08 Å². The molecule has 1 unspecified atom stereocenters. The largest absolute Gasteiger partial charge is 0.369 e. The van der Waals surface area contributed by atoms with Crippen molar-refractivity contribution in [2.24, 2.45) is 5.73 Å². The molecule has 3 N–H and O–H groups in total. The normalized spacial score (nSPS) is 21.8. The topological polar surface area (TPSA) is 68.0 Å². The van der Waals surface area contributed by atoms with Gasteiger partial charge in [0.2, 0.25) is 5.91 Å². The van der Waals surface area contributed by atoms with Gasteiger partial charge < -0.3 is 11.1 Å². The number of nitrogens with one attached hydrogen (secondary N) is 1. The van der Waals surface area contributed by atoms with E-state index in [1.54, 1.807) is 18.5 Å². The van der Waals surface area contributed by atoms with Crippen molar-refractivity contribution in [1.82, 2.24) is 10.3 Å². The molecule has 1 aromatic rings. The van der Waals surface area contributed by atoms with Crippen LogP contribution in [-0.4, -0.2) is 15.9 Å². The molecule has 0 aromatic carbocycles. The number of rotatable bonds is 3. The van der Waals surface area contributed by atoms with E-state index in [4.69, 9.17) is 40.5 Å². The second kappa shape index (κ2) is 5.93. The van der Waals surface area contributed by atoms with Crippen molar-refractivity contribution in [3.8, 4) is 0 Å². The van der Waals surface area contributed by atoms with Crippen molar-refractivity contribution < 1.29 is 4.79 Å². The van der Waals surface area contributed by atoms with Crippen LogP contribution in [0.5, 0.6) is 0 Å². The van der Waals surface area contributed by atoms with Crippen LogP contribution >= 0.6 is 50.7 Å². The number of pyridine rings is 1. The molecule has 0 spiro atoms. The number of nitrogens with zero attached hydrogens (tertiary/aromatic N) is 1. The molecule has 0 saturated heterocycles. The molecule has 0 radical (unpaired) electrons. The standard InChI is InChI=1S/C12H9BrCl3N3O/c13-6-3-8(15)9(18-5-6)4-12(16)10(11(17)20)7(14)1-2-19-12/h1-3,5,19H,4H2,(H2,17,20). The summed E-state index contributed by atoms with van der Waals surface area (Å²) in [6.07, 6.45) is 4.81. The molecule has 2 heterocycles. The third-order valence-electron chi connectivity index (χ3n) is 2.72. The Balaban J connectivity index is 2.40. The summed E-state index contributed by atoms with van der Waals surface area (Å²) >= 11 is 21.8. The Hall–Kier alpha value is -0.750. The summed E-state index contributed by atoms with van der Waals surface area (Å²) in [5, 5.41) is 3.50. The van der Waals surface area contributed by atoms with E-state index in [9.17, 15) is 4.79 Å². The van der Waals surface area contributed by atoms with Crippen LogP contribution in [0, 0.1) is 0 Å². The molecular formula is C12H9BrCl3N3O. The average Bonchev–Trinajstić information content (AvgIpc) is 2.32. The molecule has 1 aliphatic rings. The minimum atomic E-state index is -1.28. The highest BCUT2D eigenvalue weighted by Crippen LogP contribution is 2.35. The number of nitrogens with two attached hydrogens (primary N) is 1. The lowest BCUT2D eigenvalue weighted by molar-refractivity contribution is -0.115. The molecule has 20 heavy (non-hydrogen) atoms. The first kappa shape index (κ1) is 15.6. The van der Waals surface area contributed by atoms with Crippen molar-refractivity contribution in [3.63, 3.8) is 0 Å². The van der Waals surface area contributed by atoms with Gasteiger partial charge in [-0.05, 0) is 34.3 Å². The summed E-state index contributed by atoms with van der Waals surface area (Å²) in [5.41, 5.74) is 5.96. The fourth-order valence-corrected chi connectivity index (χ4v) is 3.29. The van der Waals surface area contributed by atoms with Gasteiger partial charge in [-0.15, -0.1) is 0 Å². The third kappa shape index (κ3) is 3.11. The lowest BCUT2D eigenvalue weighted by Crippen LogP contribution is -2.47. The summed E-state index contributed by atoms with van der Waals surface area (Å²) in [6.45, 7) is 0. The fraction of sp³-hybridized carbons (Fsp3) is 0.167. The maximum atomic E-state index is 11.6. The van der Waals surface area contributed by atoms with Crippen LogP contribution in [0.4, 0.5) is 0 Å². The average molecular weight is 397 g/mol. The van der Waals surface area contributed by atoms with Gasteiger partial charge in [0.25, 0.3) is 0 Å². The number of carbonyl (C=O) groups excluding carboxylic acids is 1. The lowest BCUT2D eigenvalue weighted by atomic mass is 9.97. The predicted molar refractivity (Wildman–Crippen MR) is 83.6 cm³/mol. The zero-order valence-corrected chi connectivity index (χ0v) is 13.8. The van der Waals surface area contributed by atoms with E-state index in [0.29, 0.717) is 10.7 Å². The van der Waals surface area contributed by atoms with Crippen LogP contribution in [0.3, 0.4) is 0 Å². The smallest absolute Gasteiger partial charge is 0.249 e. The Morgan fingerprint density at radius 1 is 1.50 bits per heavy atom. The Kier molecular flexibility index (Phi) is 4.64. The van der Waals surface area contributed by atoms with E-state index in [0.717, 1.165) is 4.47 Å². The van der Waals surface area contributed by atoms with Crippen LogP contribution in [0.2, 0.25) is 5.02 Å². The van der Waals surface area contributed by atoms with Crippen LogP contribution < -0.4 is 11.1 Å². The predicted octanol–water partition coefficient (Wildman–Crippen LogP) is 3.07. The molecule has 0 aliphatic carbocycles. The van der Waals surface area contributed by atoms with Crippen LogP contribution in [0.15, 0.2) is 39.6 Å². The van der Waals surface area contributed by atoms with E-state index in [2.05, 4.69) is 26.2 Å². The number of amides is 1. The maximum absolute atomic E-state index is 11.6. The Bertz CT molecular complexity index is 632. The van der Waals surface area contributed by atoms with Gasteiger partial charge >= 0.3 is 0 Å². The highest BCUT2D eigenvalue weighted by molar-refractivity contribution is 9.10. The molecule has 0 fully saturated rings. The third-order valence-corrected chi connectivity index (χ3v) is 4.23. The first-order chi connectivity index (χ1) is 9.33. The van der Waals surface area contributed by atoms with Crippen molar-refractivity contribution in [1.29, 1.82) is 0 Å². The second-order valence-electron chi connectivity index (χ2n) is 4.12. The molecule has 1 atom stereocenters. The van der Waals surface area contributed by atoms with Gasteiger partial charge in [-0.2, -0.15) is 0 Å². The number of hydrogen-bond donors (Lipinski definition) is 2. The van der Waals surface area contributed by atoms with Crippen molar-refractivity contribution in [2.75, 3.05) is 0 Å². The lowest BCUT2D eigenvalue weighted by Gasteiger charge is -2.31. The zero-order valence-electron chi connectivity index (χ0n) is 9.96. The molecule has 0 bridgehead atoms. The molecule has 1 amide bonds. The van der Waals surface area contributed by atoms with Crippen LogP contribution in [0.25, 0.3) is 0 Å². The summed E-state index contributed by atoms with van der Waals surface area (Å²) in [5.74, 6) is -0.699. The summed E-state index contributed by atoms with van der Waals surface area (Å²) in [7, 11) is 0. The number of dihydropyridines is 1. The SMILES string of the molecule is NC(=O)C1=C(Cl)C=CNC1(Cl)Cc1ncc(Br)cc1Cl. The summed E-state index contributed by atoms with van der Waals surface area (Å²) < 4.78 is 0.745. The highest BCUT2D eigenvalue weighted by Gasteiger charge is 2.39. The van der Waals surface area contributed by atoms with Gasteiger partial charge in [-0.3, -0.25) is 9.78 Å². The van der Waals surface area contributed by atoms with Crippen molar-refractivity contribution >= 4 is 56.6 Å². The number of allylic oxidation sites excluding steroid dienone is 2. The minimum absolute atomic E-state index is 0.0871. The van der Waals surface area contributed by atoms with Crippen LogP contribution in [0.1, 0.15) is 5.69 Å². The Labute approximate surface area is 139 Å². The minimum Gasteiger partial charge on any atom is -0.369 e. The second-order valence-corrected chi connectivity index (χ2v) is 6.50. The summed E-state index contributed by atoms with van der Waals surface area (Å²) in [4.78, 5) is 14.5. The van der Waals surface area contributed by atoms with Gasteiger partial charge in [0, 0.05) is 17.1 Å². The molecule has 0 saturated carbocycles. The van der Waals surface area contributed by atoms with E-state index >= 15 is 0 Å². The molecule has 2 rings (SSSR count). The number of alkyl halides is 1. The van der Waals surface area contributed by atoms with E-state index < -0.39 is 10.9 Å². The van der Waals surface area contributed by atoms with Gasteiger partial charge in [0.1, 0.15) is 5.00 Å². The number of aromatic nitrogens is 1. The fourth-order valence-electron chi connectivity index (χ4n) is 1.85. The van der Waals surface area contributed by atoms with Gasteiger partial charge in [-0.1, -0.05) is 34.8 Å². The number of halogens is 4. The van der Waals surface area contributed by atoms with E-state index in [-0.39, 0.29) is 17.0 Å². The quantitative estimate of drug-likeness (QED) is 0.608. The number of hydrogen-bond acceptors (Lipinski definition) is 3. The Morgan fingerprint density at radius 3 is 2.80 bits per heavy atom. The van der Waals surface area contributed by atoms with Crippen LogP contribution in [-0.2, 0) is 11.2 Å². The van der Waals surface area contributed by atoms with Gasteiger partial charge in [0.15, 0.2) is 0 Å². The molecule has 4 nitrogen and oxygen atoms in total. The molecule has 106 valence electrons. The zero-order chi connectivity index (χ0) is 14.9. The van der Waals surface area contributed by atoms with E-state index in [1.807, 2.05) is 0 Å². The molecule has 1 aliphatic heterocycles. The first-order valence-electron chi connectivity index (χ1n) is 5.46. The Morgan fingerprint density at radius 2 is 2.20 bits per heavy atom. The molecular weight excluding hydrogens is 388 g/mol. The monoisotopic (exact) mass is 395 g/mol. The highest BCUT2D eigenvalue weighted by atomic mass is 79.9. The molecule has 1 aromatic heterocycles. The summed E-state index contributed by atoms with van der Waals surface area (Å²) in [6, 6.07) is 1.69. The number of carbonyl (C=O) groups is 1. The van der Waals surface area contributed by atoms with Crippen molar-refractivity contribution in [2.45, 2.75) is 11.4 Å². The van der Waals surface area contributed by atoms with Gasteiger partial charge in [-0.25, -0.2) is 0 Å². The van der Waals surface area contributed by atoms with Crippen molar-refractivity contribution in [3.05, 3.63) is 50.3 Å². The van der Waals surface area contributed by atoms with Gasteiger partial charge in [0.05, 0.1) is 21.3 Å². The molecule has 8 heteroatoms. The first-order valence-corrected chi connectivity index (χ1v) is 7.39. The maximum Gasteiger partial charge on any atom is 0.249 e. The number of primary amides is 1.